The Balaban J connectivity index is 2.70. The van der Waals surface area contributed by atoms with Crippen molar-refractivity contribution in [3.8, 4) is 0 Å². The Labute approximate surface area is 82.2 Å². The molecule has 0 unspecified atom stereocenters. The quantitative estimate of drug-likeness (QED) is 0.744. The molecule has 0 radical (unpaired) electrons. The number of nitrogens with two attached hydrogens (primary N) is 1. The molecule has 74 valence electrons. The molecule has 0 bridgehead atoms. The molecule has 1 aromatic carbocycles. The number of carbonyl (C=O) groups excluding carboxylic acids is 1. The molecule has 0 fully saturated rings. The second kappa shape index (κ2) is 4.56. The van der Waals surface area contributed by atoms with Gasteiger partial charge in [0.2, 0.25) is 0 Å². The molecular weight excluding hydrogens is 181 g/mol. The van der Waals surface area contributed by atoms with Crippen LogP contribution in [0.1, 0.15) is 12.5 Å². The molecule has 0 atom stereocenters. The Morgan fingerprint density at radius 3 is 2.86 bits per heavy atom. The standard InChI is InChI=1S/C11H12FNO/c1-8(13)5-11(14)7-9-3-2-4-10(12)6-9/h2-6H,7,13H2,1H3/b8-5-. The maximum absolute atomic E-state index is 12.7. The second-order valence-electron chi connectivity index (χ2n) is 3.16. The van der Waals surface area contributed by atoms with E-state index in [0.717, 1.165) is 0 Å². The summed E-state index contributed by atoms with van der Waals surface area (Å²) in [7, 11) is 0. The van der Waals surface area contributed by atoms with Gasteiger partial charge in [-0.2, -0.15) is 0 Å². The molecular formula is C11H12FNO. The maximum Gasteiger partial charge on any atom is 0.161 e. The van der Waals surface area contributed by atoms with Gasteiger partial charge in [-0.05, 0) is 30.7 Å². The zero-order valence-electron chi connectivity index (χ0n) is 7.96. The molecule has 0 heterocycles. The molecule has 0 amide bonds. The summed E-state index contributed by atoms with van der Waals surface area (Å²) in [6, 6.07) is 5.98. The molecule has 2 nitrogen and oxygen atoms in total. The Bertz CT molecular complexity index is 367. The molecule has 0 saturated carbocycles. The zero-order valence-corrected chi connectivity index (χ0v) is 7.96. The first-order valence-electron chi connectivity index (χ1n) is 4.29. The van der Waals surface area contributed by atoms with Crippen LogP contribution in [0.3, 0.4) is 0 Å². The van der Waals surface area contributed by atoms with Crippen molar-refractivity contribution in [3.05, 3.63) is 47.4 Å². The van der Waals surface area contributed by atoms with E-state index in [1.165, 1.54) is 18.2 Å². The summed E-state index contributed by atoms with van der Waals surface area (Å²) >= 11 is 0. The molecule has 2 N–H and O–H groups in total. The van der Waals surface area contributed by atoms with Crippen molar-refractivity contribution in [2.24, 2.45) is 5.73 Å². The summed E-state index contributed by atoms with van der Waals surface area (Å²) in [5, 5.41) is 0. The van der Waals surface area contributed by atoms with Gasteiger partial charge in [0.15, 0.2) is 5.78 Å². The summed E-state index contributed by atoms with van der Waals surface area (Å²) < 4.78 is 12.7. The third-order valence-corrected chi connectivity index (χ3v) is 1.66. The van der Waals surface area contributed by atoms with Gasteiger partial charge < -0.3 is 5.73 Å². The van der Waals surface area contributed by atoms with E-state index in [2.05, 4.69) is 0 Å². The van der Waals surface area contributed by atoms with Crippen LogP contribution in [0.25, 0.3) is 0 Å². The highest BCUT2D eigenvalue weighted by atomic mass is 19.1. The van der Waals surface area contributed by atoms with Crippen molar-refractivity contribution < 1.29 is 9.18 Å². The van der Waals surface area contributed by atoms with E-state index in [1.807, 2.05) is 0 Å². The van der Waals surface area contributed by atoms with Crippen molar-refractivity contribution in [2.45, 2.75) is 13.3 Å². The van der Waals surface area contributed by atoms with Crippen LogP contribution in [0.15, 0.2) is 36.0 Å². The largest absolute Gasteiger partial charge is 0.402 e. The average molecular weight is 193 g/mol. The lowest BCUT2D eigenvalue weighted by Crippen LogP contribution is -2.02. The third kappa shape index (κ3) is 3.39. The van der Waals surface area contributed by atoms with Crippen LogP contribution in [-0.2, 0) is 11.2 Å². The molecule has 0 saturated heterocycles. The van der Waals surface area contributed by atoms with Gasteiger partial charge in [-0.25, -0.2) is 4.39 Å². The normalized spacial score (nSPS) is 11.4. The van der Waals surface area contributed by atoms with E-state index in [4.69, 9.17) is 5.73 Å². The lowest BCUT2D eigenvalue weighted by atomic mass is 10.1. The van der Waals surface area contributed by atoms with Crippen molar-refractivity contribution in [1.82, 2.24) is 0 Å². The number of rotatable bonds is 3. The highest BCUT2D eigenvalue weighted by Crippen LogP contribution is 2.05. The molecule has 0 aliphatic carbocycles. The van der Waals surface area contributed by atoms with E-state index < -0.39 is 0 Å². The van der Waals surface area contributed by atoms with Crippen molar-refractivity contribution in [3.63, 3.8) is 0 Å². The summed E-state index contributed by atoms with van der Waals surface area (Å²) in [6.07, 6.45) is 1.54. The summed E-state index contributed by atoms with van der Waals surface area (Å²) in [4.78, 5) is 11.3. The first-order chi connectivity index (χ1) is 6.58. The zero-order chi connectivity index (χ0) is 10.6. The van der Waals surface area contributed by atoms with Gasteiger partial charge in [0, 0.05) is 12.1 Å². The Morgan fingerprint density at radius 1 is 1.57 bits per heavy atom. The summed E-state index contributed by atoms with van der Waals surface area (Å²) in [5.74, 6) is -0.445. The smallest absolute Gasteiger partial charge is 0.161 e. The second-order valence-corrected chi connectivity index (χ2v) is 3.16. The predicted octanol–water partition coefficient (Wildman–Crippen LogP) is 1.80. The number of carbonyl (C=O) groups is 1. The lowest BCUT2D eigenvalue weighted by Gasteiger charge is -1.97. The van der Waals surface area contributed by atoms with Crippen LogP contribution in [0, 0.1) is 5.82 Å². The maximum atomic E-state index is 12.7. The molecule has 1 aromatic rings. The highest BCUT2D eigenvalue weighted by molar-refractivity contribution is 5.91. The number of hydrogen-bond donors (Lipinski definition) is 1. The number of allylic oxidation sites excluding steroid dienone is 2. The fourth-order valence-corrected chi connectivity index (χ4v) is 1.15. The van der Waals surface area contributed by atoms with Gasteiger partial charge in [-0.1, -0.05) is 12.1 Å². The number of halogens is 1. The Hall–Kier alpha value is -1.64. The molecule has 0 aromatic heterocycles. The first kappa shape index (κ1) is 10.4. The SMILES string of the molecule is C/C(N)=C/C(=O)Cc1cccc(F)c1. The van der Waals surface area contributed by atoms with E-state index in [-0.39, 0.29) is 18.0 Å². The van der Waals surface area contributed by atoms with Crippen molar-refractivity contribution >= 4 is 5.78 Å². The van der Waals surface area contributed by atoms with Crippen LogP contribution in [0.5, 0.6) is 0 Å². The van der Waals surface area contributed by atoms with E-state index in [0.29, 0.717) is 11.3 Å². The van der Waals surface area contributed by atoms with Crippen LogP contribution in [0.2, 0.25) is 0 Å². The number of hydrogen-bond acceptors (Lipinski definition) is 2. The fourth-order valence-electron chi connectivity index (χ4n) is 1.15. The van der Waals surface area contributed by atoms with Crippen LogP contribution < -0.4 is 5.73 Å². The van der Waals surface area contributed by atoms with Gasteiger partial charge in [0.1, 0.15) is 5.82 Å². The highest BCUT2D eigenvalue weighted by Gasteiger charge is 2.01. The van der Waals surface area contributed by atoms with Crippen molar-refractivity contribution in [2.75, 3.05) is 0 Å². The van der Waals surface area contributed by atoms with E-state index in [9.17, 15) is 9.18 Å². The lowest BCUT2D eigenvalue weighted by molar-refractivity contribution is -0.114. The van der Waals surface area contributed by atoms with Gasteiger partial charge in [0.25, 0.3) is 0 Å². The average Bonchev–Trinajstić information content (AvgIpc) is 2.01. The van der Waals surface area contributed by atoms with Gasteiger partial charge >= 0.3 is 0 Å². The van der Waals surface area contributed by atoms with Gasteiger partial charge in [-0.15, -0.1) is 0 Å². The van der Waals surface area contributed by atoms with Crippen molar-refractivity contribution in [1.29, 1.82) is 0 Å². The summed E-state index contributed by atoms with van der Waals surface area (Å²) in [6.45, 7) is 1.64. The number of benzene rings is 1. The van der Waals surface area contributed by atoms with Gasteiger partial charge in [-0.3, -0.25) is 4.79 Å². The Kier molecular flexibility index (Phi) is 3.40. The topological polar surface area (TPSA) is 43.1 Å². The number of ketones is 1. The molecule has 14 heavy (non-hydrogen) atoms. The monoisotopic (exact) mass is 193 g/mol. The summed E-state index contributed by atoms with van der Waals surface area (Å²) in [5.41, 5.74) is 6.47. The molecule has 0 aliphatic heterocycles. The molecule has 0 spiro atoms. The first-order valence-corrected chi connectivity index (χ1v) is 4.29. The van der Waals surface area contributed by atoms with Crippen LogP contribution in [0.4, 0.5) is 4.39 Å². The minimum absolute atomic E-state index is 0.115. The van der Waals surface area contributed by atoms with Crippen LogP contribution >= 0.6 is 0 Å². The fraction of sp³-hybridized carbons (Fsp3) is 0.182. The Morgan fingerprint density at radius 2 is 2.29 bits per heavy atom. The van der Waals surface area contributed by atoms with E-state index >= 15 is 0 Å². The molecule has 1 rings (SSSR count). The van der Waals surface area contributed by atoms with E-state index in [1.54, 1.807) is 19.1 Å². The minimum atomic E-state index is -0.330. The minimum Gasteiger partial charge on any atom is -0.402 e. The van der Waals surface area contributed by atoms with Gasteiger partial charge in [0.05, 0.1) is 0 Å². The predicted molar refractivity (Wildman–Crippen MR) is 53.1 cm³/mol. The van der Waals surface area contributed by atoms with Crippen LogP contribution in [-0.4, -0.2) is 5.78 Å². The third-order valence-electron chi connectivity index (χ3n) is 1.66. The molecule has 0 aliphatic rings. The molecule has 3 heteroatoms.